The molecule has 9 heavy (non-hydrogen) atoms. The third-order valence-electron chi connectivity index (χ3n) is 0.732. The van der Waals surface area contributed by atoms with Crippen LogP contribution in [0.25, 0.3) is 0 Å². The van der Waals surface area contributed by atoms with Crippen molar-refractivity contribution in [2.45, 2.75) is 32.9 Å². The molecule has 0 aliphatic heterocycles. The summed E-state index contributed by atoms with van der Waals surface area (Å²) in [5.74, 6) is 0. The van der Waals surface area contributed by atoms with Gasteiger partial charge in [0, 0.05) is 32.7 Å². The van der Waals surface area contributed by atoms with E-state index in [0.717, 1.165) is 0 Å². The van der Waals surface area contributed by atoms with Gasteiger partial charge in [0.1, 0.15) is 0 Å². The van der Waals surface area contributed by atoms with Crippen LogP contribution in [0, 0.1) is 12.7 Å². The van der Waals surface area contributed by atoms with Gasteiger partial charge in [-0.05, 0) is 0 Å². The summed E-state index contributed by atoms with van der Waals surface area (Å²) >= 11 is 1.62. The molecule has 0 spiro atoms. The fourth-order valence-corrected chi connectivity index (χ4v) is 0.289. The second-order valence-corrected chi connectivity index (χ2v) is 2.28. The molecule has 1 atom stereocenters. The first kappa shape index (κ1) is 16.8. The predicted octanol–water partition coefficient (Wildman–Crippen LogP) is 3.15. The Morgan fingerprint density at radius 1 is 1.44 bits per heavy atom. The summed E-state index contributed by atoms with van der Waals surface area (Å²) in [5, 5.41) is 0.616. The summed E-state index contributed by atoms with van der Waals surface area (Å²) in [7, 11) is 0. The molecule has 2 heteroatoms. The van der Waals surface area contributed by atoms with E-state index in [2.05, 4.69) is 19.6 Å². The van der Waals surface area contributed by atoms with Gasteiger partial charge < -0.3 is 18.2 Å². The molecule has 0 N–H and O–H groups in total. The molecule has 0 aromatic carbocycles. The molecule has 0 rings (SSSR count). The van der Waals surface area contributed by atoms with Crippen LogP contribution in [-0.4, -0.2) is 5.25 Å². The second-order valence-electron chi connectivity index (χ2n) is 1.21. The molecule has 0 bridgehead atoms. The largest absolute Gasteiger partial charge is 0.383 e. The van der Waals surface area contributed by atoms with Crippen molar-refractivity contribution in [2.75, 3.05) is 0 Å². The molecule has 0 fully saturated rings. The predicted molar refractivity (Wildman–Crippen MR) is 43.7 cm³/mol. The fraction of sp³-hybridized carbons (Fsp3) is 0.714. The average molecular weight is 221 g/mol. The van der Waals surface area contributed by atoms with Gasteiger partial charge in [-0.1, -0.05) is 20.8 Å². The van der Waals surface area contributed by atoms with Gasteiger partial charge in [0.15, 0.2) is 0 Å². The van der Waals surface area contributed by atoms with Crippen molar-refractivity contribution in [2.24, 2.45) is 0 Å². The van der Waals surface area contributed by atoms with Crippen LogP contribution in [0.1, 0.15) is 27.7 Å². The molecule has 0 saturated heterocycles. The molecule has 0 aliphatic rings. The fourth-order valence-electron chi connectivity index (χ4n) is 0.0962. The summed E-state index contributed by atoms with van der Waals surface area (Å²) < 4.78 is 0. The molecule has 0 aromatic rings. The van der Waals surface area contributed by atoms with Crippen LogP contribution in [0.5, 0.6) is 0 Å². The first-order valence-corrected chi connectivity index (χ1v) is 4.06. The zero-order valence-electron chi connectivity index (χ0n) is 6.85. The molecular formula is C7H16SY-2. The first-order chi connectivity index (χ1) is 3.81. The zero-order valence-corrected chi connectivity index (χ0v) is 10.5. The SMILES string of the molecule is CC.[CH2-]SC(C)[CH-]C.[Y]. The average Bonchev–Trinajstić information content (AvgIpc) is 1.91. The molecule has 0 amide bonds. The Labute approximate surface area is 89.4 Å². The van der Waals surface area contributed by atoms with E-state index in [1.165, 1.54) is 0 Å². The van der Waals surface area contributed by atoms with Crippen molar-refractivity contribution < 1.29 is 32.7 Å². The Morgan fingerprint density at radius 3 is 1.78 bits per heavy atom. The molecular weight excluding hydrogens is 205 g/mol. The van der Waals surface area contributed by atoms with Crippen molar-refractivity contribution in [3.63, 3.8) is 0 Å². The van der Waals surface area contributed by atoms with Crippen LogP contribution >= 0.6 is 11.8 Å². The van der Waals surface area contributed by atoms with Gasteiger partial charge in [0.2, 0.25) is 0 Å². The normalized spacial score (nSPS) is 10.3. The van der Waals surface area contributed by atoms with Crippen molar-refractivity contribution in [1.82, 2.24) is 0 Å². The molecule has 0 aliphatic carbocycles. The number of hydrogen-bond donors (Lipinski definition) is 0. The molecule has 0 heterocycles. The van der Waals surface area contributed by atoms with E-state index in [1.54, 1.807) is 11.8 Å². The molecule has 0 aromatic heterocycles. The number of hydrogen-bond acceptors (Lipinski definition) is 1. The quantitative estimate of drug-likeness (QED) is 0.645. The molecule has 0 nitrogen and oxygen atoms in total. The van der Waals surface area contributed by atoms with E-state index in [1.807, 2.05) is 20.8 Å². The van der Waals surface area contributed by atoms with Crippen molar-refractivity contribution >= 4 is 11.8 Å². The minimum atomic E-state index is 0. The first-order valence-electron chi connectivity index (χ1n) is 3.01. The van der Waals surface area contributed by atoms with E-state index in [9.17, 15) is 0 Å². The zero-order chi connectivity index (χ0) is 6.99. The molecule has 1 radical (unpaired) electrons. The standard InChI is InChI=1S/C5H10S.C2H6.Y/c1-4-5(2)6-3;1-2;/h4-5H,3H2,1-2H3;1-2H3;/q-2;;. The van der Waals surface area contributed by atoms with Gasteiger partial charge >= 0.3 is 0 Å². The maximum absolute atomic E-state index is 3.64. The van der Waals surface area contributed by atoms with E-state index >= 15 is 0 Å². The monoisotopic (exact) mass is 221 g/mol. The Kier molecular flexibility index (Phi) is 30.3. The third kappa shape index (κ3) is 17.7. The summed E-state index contributed by atoms with van der Waals surface area (Å²) in [4.78, 5) is 0. The van der Waals surface area contributed by atoms with Crippen LogP contribution in [0.3, 0.4) is 0 Å². The van der Waals surface area contributed by atoms with Crippen LogP contribution in [-0.2, 0) is 32.7 Å². The van der Waals surface area contributed by atoms with Crippen LogP contribution < -0.4 is 0 Å². The Hall–Kier alpha value is 1.45. The van der Waals surface area contributed by atoms with Gasteiger partial charge in [-0.25, -0.2) is 0 Å². The minimum absolute atomic E-state index is 0. The summed E-state index contributed by atoms with van der Waals surface area (Å²) in [6.07, 6.45) is 5.76. The van der Waals surface area contributed by atoms with Gasteiger partial charge in [0.25, 0.3) is 0 Å². The van der Waals surface area contributed by atoms with Crippen LogP contribution in [0.4, 0.5) is 0 Å². The molecule has 1 unspecified atom stereocenters. The maximum Gasteiger partial charge on any atom is 0 e. The van der Waals surface area contributed by atoms with Crippen molar-refractivity contribution in [3.8, 4) is 0 Å². The Morgan fingerprint density at radius 2 is 1.78 bits per heavy atom. The van der Waals surface area contributed by atoms with Gasteiger partial charge in [-0.2, -0.15) is 12.2 Å². The third-order valence-corrected chi connectivity index (χ3v) is 1.53. The minimum Gasteiger partial charge on any atom is -0.383 e. The second kappa shape index (κ2) is 16.2. The van der Waals surface area contributed by atoms with Crippen molar-refractivity contribution in [3.05, 3.63) is 12.7 Å². The van der Waals surface area contributed by atoms with Gasteiger partial charge in [-0.15, -0.1) is 0 Å². The Balaban J connectivity index is -0.000000109. The molecule has 55 valence electrons. The topological polar surface area (TPSA) is 0 Å². The Bertz CT molecular complexity index is 28.1. The molecule has 0 saturated carbocycles. The van der Waals surface area contributed by atoms with E-state index < -0.39 is 0 Å². The number of thioether (sulfide) groups is 1. The van der Waals surface area contributed by atoms with E-state index in [4.69, 9.17) is 0 Å². The van der Waals surface area contributed by atoms with E-state index in [0.29, 0.717) is 5.25 Å². The van der Waals surface area contributed by atoms with Crippen LogP contribution in [0.15, 0.2) is 0 Å². The van der Waals surface area contributed by atoms with E-state index in [-0.39, 0.29) is 32.7 Å². The van der Waals surface area contributed by atoms with Crippen LogP contribution in [0.2, 0.25) is 0 Å². The summed E-state index contributed by atoms with van der Waals surface area (Å²) in [6.45, 7) is 8.17. The van der Waals surface area contributed by atoms with Gasteiger partial charge in [0.05, 0.1) is 0 Å². The smallest absolute Gasteiger partial charge is 0 e. The van der Waals surface area contributed by atoms with Gasteiger partial charge in [-0.3, -0.25) is 6.26 Å². The van der Waals surface area contributed by atoms with Crippen molar-refractivity contribution in [1.29, 1.82) is 0 Å². The summed E-state index contributed by atoms with van der Waals surface area (Å²) in [5.41, 5.74) is 0. The maximum atomic E-state index is 3.64. The number of rotatable bonds is 2. The summed E-state index contributed by atoms with van der Waals surface area (Å²) in [6, 6.07) is 0.